The second-order valence-corrected chi connectivity index (χ2v) is 6.60. The maximum absolute atomic E-state index is 12.5. The molecule has 4 rings (SSSR count). The van der Waals surface area contributed by atoms with Gasteiger partial charge >= 0.3 is 0 Å². The Kier molecular flexibility index (Phi) is 3.85. The van der Waals surface area contributed by atoms with Crippen LogP contribution in [0.1, 0.15) is 38.5 Å². The average Bonchev–Trinajstić information content (AvgIpc) is 3.25. The zero-order chi connectivity index (χ0) is 15.6. The number of hydrogen-bond donors (Lipinski definition) is 1. The third-order valence-electron chi connectivity index (χ3n) is 4.97. The Morgan fingerprint density at radius 1 is 1.17 bits per heavy atom. The molecule has 2 aliphatic rings. The Morgan fingerprint density at radius 3 is 2.91 bits per heavy atom. The Morgan fingerprint density at radius 2 is 2.04 bits per heavy atom. The number of aromatic nitrogens is 4. The molecule has 1 saturated heterocycles. The van der Waals surface area contributed by atoms with Gasteiger partial charge in [0.15, 0.2) is 5.65 Å². The third kappa shape index (κ3) is 3.00. The van der Waals surface area contributed by atoms with Crippen molar-refractivity contribution in [1.29, 1.82) is 0 Å². The van der Waals surface area contributed by atoms with Gasteiger partial charge in [-0.2, -0.15) is 4.52 Å². The third-order valence-corrected chi connectivity index (χ3v) is 4.97. The van der Waals surface area contributed by atoms with Crippen molar-refractivity contribution in [3.05, 3.63) is 18.5 Å². The van der Waals surface area contributed by atoms with E-state index in [0.29, 0.717) is 6.04 Å². The molecule has 1 amide bonds. The molecule has 0 unspecified atom stereocenters. The van der Waals surface area contributed by atoms with Gasteiger partial charge in [-0.25, -0.2) is 0 Å². The number of carbonyl (C=O) groups is 1. The van der Waals surface area contributed by atoms with Gasteiger partial charge in [0.2, 0.25) is 5.91 Å². The van der Waals surface area contributed by atoms with E-state index in [-0.39, 0.29) is 11.8 Å². The van der Waals surface area contributed by atoms with E-state index in [1.807, 2.05) is 12.1 Å². The number of nitrogens with zero attached hydrogens (tertiary/aromatic N) is 5. The second kappa shape index (κ2) is 6.14. The summed E-state index contributed by atoms with van der Waals surface area (Å²) in [6.07, 6.45) is 8.33. The van der Waals surface area contributed by atoms with Crippen LogP contribution < -0.4 is 10.2 Å². The largest absolute Gasteiger partial charge is 0.354 e. The predicted molar refractivity (Wildman–Crippen MR) is 86.1 cm³/mol. The molecule has 0 bridgehead atoms. The minimum atomic E-state index is 0.0581. The standard InChI is InChI=1S/C16H22N6O/c23-16(18-13-5-1-2-6-13)12-4-3-9-21(10-12)15-8-7-14-19-17-11-22(14)20-15/h7-8,11-13H,1-6,9-10H2,(H,18,23)/t12-/m1/s1. The fourth-order valence-electron chi connectivity index (χ4n) is 3.68. The first-order chi connectivity index (χ1) is 11.3. The summed E-state index contributed by atoms with van der Waals surface area (Å²) in [5, 5.41) is 15.6. The van der Waals surface area contributed by atoms with Gasteiger partial charge in [0, 0.05) is 19.1 Å². The molecule has 2 aromatic rings. The fraction of sp³-hybridized carbons (Fsp3) is 0.625. The summed E-state index contributed by atoms with van der Waals surface area (Å²) in [4.78, 5) is 14.7. The molecule has 2 aromatic heterocycles. The molecule has 0 aromatic carbocycles. The van der Waals surface area contributed by atoms with Crippen LogP contribution in [0.5, 0.6) is 0 Å². The number of carbonyl (C=O) groups excluding carboxylic acids is 1. The number of amides is 1. The van der Waals surface area contributed by atoms with Crippen molar-refractivity contribution >= 4 is 17.4 Å². The van der Waals surface area contributed by atoms with E-state index in [0.717, 1.165) is 50.2 Å². The first-order valence-corrected chi connectivity index (χ1v) is 8.52. The number of hydrogen-bond acceptors (Lipinski definition) is 5. The minimum Gasteiger partial charge on any atom is -0.354 e. The highest BCUT2D eigenvalue weighted by Crippen LogP contribution is 2.23. The van der Waals surface area contributed by atoms with Crippen LogP contribution >= 0.6 is 0 Å². The number of rotatable bonds is 3. The topological polar surface area (TPSA) is 75.4 Å². The molecule has 1 N–H and O–H groups in total. The second-order valence-electron chi connectivity index (χ2n) is 6.60. The van der Waals surface area contributed by atoms with Crippen molar-refractivity contribution in [2.45, 2.75) is 44.6 Å². The van der Waals surface area contributed by atoms with Crippen LogP contribution in [0.15, 0.2) is 18.5 Å². The summed E-state index contributed by atoms with van der Waals surface area (Å²) in [6.45, 7) is 1.67. The highest BCUT2D eigenvalue weighted by atomic mass is 16.2. The molecule has 1 saturated carbocycles. The molecule has 1 aliphatic heterocycles. The SMILES string of the molecule is O=C(NC1CCCC1)[C@@H]1CCCN(c2ccc3nncn3n2)C1. The molecule has 1 atom stereocenters. The van der Waals surface area contributed by atoms with Crippen molar-refractivity contribution in [2.24, 2.45) is 5.92 Å². The van der Waals surface area contributed by atoms with Gasteiger partial charge < -0.3 is 10.2 Å². The zero-order valence-corrected chi connectivity index (χ0v) is 13.2. The van der Waals surface area contributed by atoms with Crippen LogP contribution in [0, 0.1) is 5.92 Å². The smallest absolute Gasteiger partial charge is 0.225 e. The van der Waals surface area contributed by atoms with Crippen molar-refractivity contribution in [3.63, 3.8) is 0 Å². The Bertz CT molecular complexity index is 693. The molecule has 3 heterocycles. The molecule has 7 nitrogen and oxygen atoms in total. The van der Waals surface area contributed by atoms with Crippen LogP contribution in [0.25, 0.3) is 5.65 Å². The summed E-state index contributed by atoms with van der Waals surface area (Å²) in [5.74, 6) is 1.16. The number of anilines is 1. The number of piperidine rings is 1. The van der Waals surface area contributed by atoms with Crippen molar-refractivity contribution in [3.8, 4) is 0 Å². The molecule has 1 aliphatic carbocycles. The lowest BCUT2D eigenvalue weighted by Crippen LogP contribution is -2.45. The van der Waals surface area contributed by atoms with Gasteiger partial charge in [-0.3, -0.25) is 4.79 Å². The van der Waals surface area contributed by atoms with E-state index in [9.17, 15) is 4.79 Å². The highest BCUT2D eigenvalue weighted by molar-refractivity contribution is 5.79. The van der Waals surface area contributed by atoms with Gasteiger partial charge in [-0.1, -0.05) is 12.8 Å². The quantitative estimate of drug-likeness (QED) is 0.927. The molecular formula is C16H22N6O. The van der Waals surface area contributed by atoms with E-state index in [1.54, 1.807) is 10.8 Å². The maximum atomic E-state index is 12.5. The first kappa shape index (κ1) is 14.4. The Hall–Kier alpha value is -2.18. The highest BCUT2D eigenvalue weighted by Gasteiger charge is 2.28. The molecule has 0 spiro atoms. The number of fused-ring (bicyclic) bond motifs is 1. The van der Waals surface area contributed by atoms with Gasteiger partial charge in [0.1, 0.15) is 12.1 Å². The van der Waals surface area contributed by atoms with E-state index < -0.39 is 0 Å². The normalized spacial score (nSPS) is 22.6. The summed E-state index contributed by atoms with van der Waals surface area (Å²) < 4.78 is 1.68. The summed E-state index contributed by atoms with van der Waals surface area (Å²) in [6, 6.07) is 4.27. The molecule has 0 radical (unpaired) electrons. The molecule has 7 heteroatoms. The van der Waals surface area contributed by atoms with Crippen LogP contribution in [0.4, 0.5) is 5.82 Å². The molecule has 122 valence electrons. The van der Waals surface area contributed by atoms with Crippen LogP contribution in [0.3, 0.4) is 0 Å². The van der Waals surface area contributed by atoms with E-state index in [2.05, 4.69) is 25.5 Å². The molecular weight excluding hydrogens is 292 g/mol. The zero-order valence-electron chi connectivity index (χ0n) is 13.2. The number of nitrogens with one attached hydrogen (secondary N) is 1. The van der Waals surface area contributed by atoms with Gasteiger partial charge in [0.05, 0.1) is 5.92 Å². The van der Waals surface area contributed by atoms with E-state index >= 15 is 0 Å². The molecule has 23 heavy (non-hydrogen) atoms. The van der Waals surface area contributed by atoms with E-state index in [1.165, 1.54) is 12.8 Å². The van der Waals surface area contributed by atoms with Crippen LogP contribution in [-0.4, -0.2) is 44.8 Å². The van der Waals surface area contributed by atoms with Crippen molar-refractivity contribution in [1.82, 2.24) is 25.1 Å². The van der Waals surface area contributed by atoms with Crippen molar-refractivity contribution < 1.29 is 4.79 Å². The fourth-order valence-corrected chi connectivity index (χ4v) is 3.68. The summed E-state index contributed by atoms with van der Waals surface area (Å²) in [5.41, 5.74) is 0.737. The minimum absolute atomic E-state index is 0.0581. The first-order valence-electron chi connectivity index (χ1n) is 8.52. The van der Waals surface area contributed by atoms with Gasteiger partial charge in [-0.15, -0.1) is 15.3 Å². The maximum Gasteiger partial charge on any atom is 0.225 e. The predicted octanol–water partition coefficient (Wildman–Crippen LogP) is 1.40. The van der Waals surface area contributed by atoms with Gasteiger partial charge in [-0.05, 0) is 37.8 Å². The molecule has 2 fully saturated rings. The van der Waals surface area contributed by atoms with E-state index in [4.69, 9.17) is 0 Å². The van der Waals surface area contributed by atoms with Crippen molar-refractivity contribution in [2.75, 3.05) is 18.0 Å². The lowest BCUT2D eigenvalue weighted by molar-refractivity contribution is -0.125. The average molecular weight is 314 g/mol. The van der Waals surface area contributed by atoms with Crippen LogP contribution in [-0.2, 0) is 4.79 Å². The van der Waals surface area contributed by atoms with Gasteiger partial charge in [0.25, 0.3) is 0 Å². The lowest BCUT2D eigenvalue weighted by atomic mass is 9.96. The van der Waals surface area contributed by atoms with Crippen LogP contribution in [0.2, 0.25) is 0 Å². The monoisotopic (exact) mass is 314 g/mol. The summed E-state index contributed by atoms with van der Waals surface area (Å²) >= 11 is 0. The Balaban J connectivity index is 1.44. The Labute approximate surface area is 135 Å². The lowest BCUT2D eigenvalue weighted by Gasteiger charge is -2.33. The summed E-state index contributed by atoms with van der Waals surface area (Å²) in [7, 11) is 0.